The van der Waals surface area contributed by atoms with Crippen LogP contribution in [0.15, 0.2) is 0 Å². The average Bonchev–Trinajstić information content (AvgIpc) is 2.60. The molecule has 0 aliphatic heterocycles. The summed E-state index contributed by atoms with van der Waals surface area (Å²) >= 11 is 0.953. The topological polar surface area (TPSA) is 91.3 Å². The lowest BCUT2D eigenvalue weighted by Crippen LogP contribution is -2.29. The molecular formula is C10H16ClN3O3S. The Morgan fingerprint density at radius 2 is 2.11 bits per heavy atom. The van der Waals surface area contributed by atoms with E-state index in [1.165, 1.54) is 0 Å². The largest absolute Gasteiger partial charge is 0.477 e. The van der Waals surface area contributed by atoms with Gasteiger partial charge in [0.25, 0.3) is 0 Å². The summed E-state index contributed by atoms with van der Waals surface area (Å²) in [6, 6.07) is -0.357. The molecule has 1 heterocycles. The average molecular weight is 294 g/mol. The second-order valence-electron chi connectivity index (χ2n) is 3.47. The number of thiazole rings is 1. The lowest BCUT2D eigenvalue weighted by molar-refractivity contribution is 0.0701. The van der Waals surface area contributed by atoms with Crippen LogP contribution in [0, 0.1) is 6.92 Å². The van der Waals surface area contributed by atoms with Crippen LogP contribution in [0.3, 0.4) is 0 Å². The van der Waals surface area contributed by atoms with Crippen LogP contribution in [0.25, 0.3) is 0 Å². The lowest BCUT2D eigenvalue weighted by atomic mass is 10.3. The number of amides is 2. The van der Waals surface area contributed by atoms with Gasteiger partial charge in [-0.1, -0.05) is 24.7 Å². The van der Waals surface area contributed by atoms with Crippen LogP contribution in [0.5, 0.6) is 0 Å². The molecule has 1 rings (SSSR count). The van der Waals surface area contributed by atoms with Gasteiger partial charge in [-0.25, -0.2) is 14.6 Å². The molecule has 0 radical (unpaired) electrons. The number of aryl methyl sites for hydroxylation is 1. The Morgan fingerprint density at radius 3 is 2.61 bits per heavy atom. The standard InChI is InChI=1S/C10H15N3O3S.ClH/c1-3-4-5-11-9(16)13-10-12-6(2)7(17-10)8(14)15;/h3-5H2,1-2H3,(H,14,15)(H2,11,12,13,16);1H. The second-order valence-corrected chi connectivity index (χ2v) is 4.47. The van der Waals surface area contributed by atoms with Crippen LogP contribution >= 0.6 is 23.7 Å². The van der Waals surface area contributed by atoms with Crippen molar-refractivity contribution in [2.75, 3.05) is 11.9 Å². The van der Waals surface area contributed by atoms with Gasteiger partial charge in [0.05, 0.1) is 5.69 Å². The van der Waals surface area contributed by atoms with Gasteiger partial charge in [0, 0.05) is 6.54 Å². The number of nitrogens with zero attached hydrogens (tertiary/aromatic N) is 1. The normalized spacial score (nSPS) is 9.44. The Morgan fingerprint density at radius 1 is 1.44 bits per heavy atom. The molecule has 0 fully saturated rings. The lowest BCUT2D eigenvalue weighted by Gasteiger charge is -2.03. The fourth-order valence-electron chi connectivity index (χ4n) is 1.17. The summed E-state index contributed by atoms with van der Waals surface area (Å²) in [4.78, 5) is 26.3. The Balaban J connectivity index is 0.00000289. The number of hydrogen-bond donors (Lipinski definition) is 3. The first-order chi connectivity index (χ1) is 8.04. The van der Waals surface area contributed by atoms with Crippen molar-refractivity contribution in [3.05, 3.63) is 10.6 Å². The van der Waals surface area contributed by atoms with Crippen LogP contribution in [-0.2, 0) is 0 Å². The minimum absolute atomic E-state index is 0. The molecule has 0 unspecified atom stereocenters. The zero-order chi connectivity index (χ0) is 12.8. The molecule has 6 nitrogen and oxygen atoms in total. The predicted octanol–water partition coefficient (Wildman–Crippen LogP) is 2.49. The number of nitrogens with one attached hydrogen (secondary N) is 2. The second kappa shape index (κ2) is 7.88. The highest BCUT2D eigenvalue weighted by atomic mass is 35.5. The van der Waals surface area contributed by atoms with E-state index in [4.69, 9.17) is 5.11 Å². The molecule has 0 aliphatic carbocycles. The van der Waals surface area contributed by atoms with Crippen molar-refractivity contribution < 1.29 is 14.7 Å². The smallest absolute Gasteiger partial charge is 0.347 e. The first-order valence-electron chi connectivity index (χ1n) is 5.30. The van der Waals surface area contributed by atoms with Crippen LogP contribution in [-0.4, -0.2) is 28.6 Å². The summed E-state index contributed by atoms with van der Waals surface area (Å²) in [6.07, 6.45) is 1.91. The molecule has 102 valence electrons. The number of carbonyl (C=O) groups is 2. The third-order valence-corrected chi connectivity index (χ3v) is 3.09. The van der Waals surface area contributed by atoms with Crippen molar-refractivity contribution in [2.24, 2.45) is 0 Å². The summed E-state index contributed by atoms with van der Waals surface area (Å²) in [5.41, 5.74) is 0.409. The zero-order valence-electron chi connectivity index (χ0n) is 10.1. The summed E-state index contributed by atoms with van der Waals surface area (Å²) < 4.78 is 0. The molecule has 0 spiro atoms. The van der Waals surface area contributed by atoms with Crippen molar-refractivity contribution in [2.45, 2.75) is 26.7 Å². The van der Waals surface area contributed by atoms with E-state index in [0.29, 0.717) is 17.4 Å². The number of carboxylic acids is 1. The molecule has 0 bridgehead atoms. The van der Waals surface area contributed by atoms with Crippen LogP contribution in [0.1, 0.15) is 35.1 Å². The predicted molar refractivity (Wildman–Crippen MR) is 73.0 cm³/mol. The highest BCUT2D eigenvalue weighted by Gasteiger charge is 2.14. The Bertz CT molecular complexity index is 423. The van der Waals surface area contributed by atoms with E-state index in [1.807, 2.05) is 6.92 Å². The molecule has 0 atom stereocenters. The number of unbranched alkanes of at least 4 members (excludes halogenated alkanes) is 1. The summed E-state index contributed by atoms with van der Waals surface area (Å²) in [7, 11) is 0. The fraction of sp³-hybridized carbons (Fsp3) is 0.500. The van der Waals surface area contributed by atoms with Crippen LogP contribution < -0.4 is 10.6 Å². The molecule has 2 amide bonds. The number of urea groups is 1. The van der Waals surface area contributed by atoms with Crippen molar-refractivity contribution in [1.82, 2.24) is 10.3 Å². The molecule has 1 aromatic rings. The van der Waals surface area contributed by atoms with Gasteiger partial charge < -0.3 is 10.4 Å². The van der Waals surface area contributed by atoms with E-state index >= 15 is 0 Å². The highest BCUT2D eigenvalue weighted by molar-refractivity contribution is 7.17. The van der Waals surface area contributed by atoms with E-state index in [-0.39, 0.29) is 23.3 Å². The molecule has 0 aromatic carbocycles. The van der Waals surface area contributed by atoms with Gasteiger partial charge in [-0.3, -0.25) is 5.32 Å². The van der Waals surface area contributed by atoms with Gasteiger partial charge in [-0.05, 0) is 13.3 Å². The Hall–Kier alpha value is -1.34. The van der Waals surface area contributed by atoms with Gasteiger partial charge in [0.2, 0.25) is 0 Å². The number of halogens is 1. The Kier molecular flexibility index (Phi) is 7.30. The first kappa shape index (κ1) is 16.7. The first-order valence-corrected chi connectivity index (χ1v) is 6.11. The summed E-state index contributed by atoms with van der Waals surface area (Å²) in [5, 5.41) is 14.3. The van der Waals surface area contributed by atoms with E-state index < -0.39 is 5.97 Å². The maximum absolute atomic E-state index is 11.4. The molecule has 8 heteroatoms. The van der Waals surface area contributed by atoms with Gasteiger partial charge in [0.15, 0.2) is 5.13 Å². The highest BCUT2D eigenvalue weighted by Crippen LogP contribution is 2.22. The summed E-state index contributed by atoms with van der Waals surface area (Å²) in [6.45, 7) is 4.22. The monoisotopic (exact) mass is 293 g/mol. The number of anilines is 1. The summed E-state index contributed by atoms with van der Waals surface area (Å²) in [5.74, 6) is -1.03. The SMILES string of the molecule is CCCCNC(=O)Nc1nc(C)c(C(=O)O)s1.Cl. The minimum atomic E-state index is -1.03. The van der Waals surface area contributed by atoms with E-state index in [1.54, 1.807) is 6.92 Å². The number of aromatic carboxylic acids is 1. The molecule has 0 saturated carbocycles. The van der Waals surface area contributed by atoms with Crippen molar-refractivity contribution in [3.8, 4) is 0 Å². The van der Waals surface area contributed by atoms with E-state index in [0.717, 1.165) is 24.2 Å². The molecule has 18 heavy (non-hydrogen) atoms. The maximum atomic E-state index is 11.4. The maximum Gasteiger partial charge on any atom is 0.347 e. The third-order valence-electron chi connectivity index (χ3n) is 2.03. The molecule has 0 aliphatic rings. The fourth-order valence-corrected chi connectivity index (χ4v) is 1.97. The molecule has 0 saturated heterocycles. The van der Waals surface area contributed by atoms with Gasteiger partial charge in [-0.2, -0.15) is 0 Å². The zero-order valence-corrected chi connectivity index (χ0v) is 11.8. The van der Waals surface area contributed by atoms with Crippen molar-refractivity contribution in [3.63, 3.8) is 0 Å². The number of rotatable bonds is 5. The molecular weight excluding hydrogens is 278 g/mol. The number of aromatic nitrogens is 1. The van der Waals surface area contributed by atoms with Gasteiger partial charge in [-0.15, -0.1) is 12.4 Å². The quantitative estimate of drug-likeness (QED) is 0.727. The number of carbonyl (C=O) groups excluding carboxylic acids is 1. The van der Waals surface area contributed by atoms with Gasteiger partial charge >= 0.3 is 12.0 Å². The van der Waals surface area contributed by atoms with Crippen LogP contribution in [0.4, 0.5) is 9.93 Å². The molecule has 1 aromatic heterocycles. The van der Waals surface area contributed by atoms with E-state index in [9.17, 15) is 9.59 Å². The molecule has 3 N–H and O–H groups in total. The number of hydrogen-bond acceptors (Lipinski definition) is 4. The van der Waals surface area contributed by atoms with Gasteiger partial charge in [0.1, 0.15) is 4.88 Å². The minimum Gasteiger partial charge on any atom is -0.477 e. The third kappa shape index (κ3) is 4.89. The van der Waals surface area contributed by atoms with Crippen LogP contribution in [0.2, 0.25) is 0 Å². The van der Waals surface area contributed by atoms with E-state index in [2.05, 4.69) is 15.6 Å². The number of carboxylic acid groups (broad SMARTS) is 1. The Labute approximate surface area is 115 Å². The van der Waals surface area contributed by atoms with Crippen molar-refractivity contribution in [1.29, 1.82) is 0 Å². The van der Waals surface area contributed by atoms with Crippen molar-refractivity contribution >= 4 is 40.9 Å².